The number of hydrogen-bond acceptors (Lipinski definition) is 2. The summed E-state index contributed by atoms with van der Waals surface area (Å²) < 4.78 is 20.6. The fraction of sp³-hybridized carbons (Fsp3) is 1.00. The molecule has 0 N–H and O–H groups in total. The van der Waals surface area contributed by atoms with Gasteiger partial charge in [-0.15, -0.1) is 0 Å². The van der Waals surface area contributed by atoms with Gasteiger partial charge in [0.25, 0.3) is 7.52 Å². The third-order valence-corrected chi connectivity index (χ3v) is 5.58. The second-order valence-corrected chi connectivity index (χ2v) is 7.95. The van der Waals surface area contributed by atoms with E-state index in [4.69, 9.17) is 4.52 Å². The van der Waals surface area contributed by atoms with Crippen LogP contribution >= 0.6 is 7.52 Å². The number of rotatable bonds is 4. The molecule has 16 heavy (non-hydrogen) atoms. The largest absolute Gasteiger partial charge is 0.328 e. The Hall–Kier alpha value is 0.110. The lowest BCUT2D eigenvalue weighted by Crippen LogP contribution is -2.50. The van der Waals surface area contributed by atoms with Crippen LogP contribution in [-0.2, 0) is 9.09 Å². The topological polar surface area (TPSA) is 29.5 Å². The molecule has 0 radical (unpaired) electrons. The normalized spacial score (nSPS) is 24.3. The lowest BCUT2D eigenvalue weighted by molar-refractivity contribution is -0.897. The van der Waals surface area contributed by atoms with Crippen LogP contribution in [0, 0.1) is 0 Å². The van der Waals surface area contributed by atoms with E-state index in [9.17, 15) is 4.57 Å². The van der Waals surface area contributed by atoms with Gasteiger partial charge in [0.1, 0.15) is 0 Å². The predicted molar refractivity (Wildman–Crippen MR) is 67.8 cm³/mol. The van der Waals surface area contributed by atoms with Crippen molar-refractivity contribution in [2.75, 3.05) is 47.5 Å². The van der Waals surface area contributed by atoms with Crippen LogP contribution in [0.15, 0.2) is 0 Å². The molecule has 1 atom stereocenters. The van der Waals surface area contributed by atoms with E-state index in [1.807, 2.05) is 11.6 Å². The lowest BCUT2D eigenvalue weighted by atomic mass is 10.0. The van der Waals surface area contributed by atoms with Gasteiger partial charge in [0.15, 0.2) is 0 Å². The van der Waals surface area contributed by atoms with Gasteiger partial charge in [0.2, 0.25) is 0 Å². The highest BCUT2D eigenvalue weighted by Crippen LogP contribution is 2.48. The summed E-state index contributed by atoms with van der Waals surface area (Å²) >= 11 is 0. The zero-order chi connectivity index (χ0) is 12.4. The molecule has 0 bridgehead atoms. The molecule has 0 aromatic heterocycles. The van der Waals surface area contributed by atoms with Crippen LogP contribution in [0.4, 0.5) is 0 Å². The van der Waals surface area contributed by atoms with Crippen LogP contribution in [0.3, 0.4) is 0 Å². The second kappa shape index (κ2) is 5.18. The van der Waals surface area contributed by atoms with Gasteiger partial charge in [-0.05, 0) is 6.92 Å². The molecule has 0 amide bonds. The van der Waals surface area contributed by atoms with Gasteiger partial charge in [0, 0.05) is 32.6 Å². The summed E-state index contributed by atoms with van der Waals surface area (Å²) in [6.07, 6.45) is 2.21. The first-order valence-corrected chi connectivity index (χ1v) is 8.08. The average molecular weight is 249 g/mol. The zero-order valence-electron chi connectivity index (χ0n) is 11.3. The molecule has 0 aliphatic carbocycles. The minimum absolute atomic E-state index is 0.531. The highest BCUT2D eigenvalue weighted by atomic mass is 31.2. The molecule has 1 aliphatic rings. The maximum absolute atomic E-state index is 12.2. The number of nitrogens with zero attached hydrogens (tertiary/aromatic N) is 2. The molecule has 96 valence electrons. The van der Waals surface area contributed by atoms with Crippen LogP contribution in [0.5, 0.6) is 0 Å². The maximum atomic E-state index is 12.2. The smallest absolute Gasteiger partial charge is 0.269 e. The van der Waals surface area contributed by atoms with Crippen molar-refractivity contribution < 1.29 is 13.6 Å². The fourth-order valence-electron chi connectivity index (χ4n) is 2.31. The lowest BCUT2D eigenvalue weighted by Gasteiger charge is -2.41. The number of piperidine rings is 1. The Morgan fingerprint density at radius 1 is 1.31 bits per heavy atom. The highest BCUT2D eigenvalue weighted by molar-refractivity contribution is 7.55. The maximum Gasteiger partial charge on any atom is 0.269 e. The van der Waals surface area contributed by atoms with E-state index in [-0.39, 0.29) is 0 Å². The van der Waals surface area contributed by atoms with E-state index < -0.39 is 7.52 Å². The van der Waals surface area contributed by atoms with E-state index in [0.29, 0.717) is 12.6 Å². The molecular weight excluding hydrogens is 223 g/mol. The Balaban J connectivity index is 2.52. The quantitative estimate of drug-likeness (QED) is 0.564. The van der Waals surface area contributed by atoms with Crippen molar-refractivity contribution in [3.05, 3.63) is 0 Å². The Morgan fingerprint density at radius 2 is 1.81 bits per heavy atom. The molecule has 1 aliphatic heterocycles. The average Bonchev–Trinajstić information content (AvgIpc) is 2.16. The van der Waals surface area contributed by atoms with E-state index in [1.54, 1.807) is 6.66 Å². The van der Waals surface area contributed by atoms with E-state index in [2.05, 4.69) is 21.1 Å². The van der Waals surface area contributed by atoms with Crippen molar-refractivity contribution in [3.8, 4) is 0 Å². The minimum atomic E-state index is -2.52. The van der Waals surface area contributed by atoms with Gasteiger partial charge < -0.3 is 9.01 Å². The highest BCUT2D eigenvalue weighted by Gasteiger charge is 2.34. The summed E-state index contributed by atoms with van der Waals surface area (Å²) in [5.41, 5.74) is 0. The Bertz CT molecular complexity index is 268. The van der Waals surface area contributed by atoms with Gasteiger partial charge in [-0.25, -0.2) is 4.67 Å². The first-order valence-electron chi connectivity index (χ1n) is 6.06. The van der Waals surface area contributed by atoms with Crippen molar-refractivity contribution in [3.63, 3.8) is 0 Å². The van der Waals surface area contributed by atoms with Crippen molar-refractivity contribution in [2.45, 2.75) is 25.8 Å². The summed E-state index contributed by atoms with van der Waals surface area (Å²) in [5, 5.41) is 0. The molecule has 1 fully saturated rings. The van der Waals surface area contributed by atoms with Gasteiger partial charge in [-0.2, -0.15) is 0 Å². The second-order valence-electron chi connectivity index (χ2n) is 5.52. The minimum Gasteiger partial charge on any atom is -0.328 e. The Labute approximate surface area is 99.7 Å². The molecule has 1 rings (SSSR count). The SMILES string of the molecule is CCOP(C)(=O)N1CCC([N+](C)(C)C)CC1. The van der Waals surface area contributed by atoms with Crippen LogP contribution in [0.1, 0.15) is 19.8 Å². The predicted octanol–water partition coefficient (Wildman–Crippen LogP) is 2.02. The molecule has 0 aromatic carbocycles. The van der Waals surface area contributed by atoms with Gasteiger partial charge in [-0.3, -0.25) is 4.57 Å². The van der Waals surface area contributed by atoms with Crippen LogP contribution < -0.4 is 0 Å². The summed E-state index contributed by atoms with van der Waals surface area (Å²) in [4.78, 5) is 0. The van der Waals surface area contributed by atoms with Crippen LogP contribution in [0.25, 0.3) is 0 Å². The Kier molecular flexibility index (Phi) is 4.58. The molecule has 1 heterocycles. The Morgan fingerprint density at radius 3 is 2.19 bits per heavy atom. The summed E-state index contributed by atoms with van der Waals surface area (Å²) in [5.74, 6) is 0. The van der Waals surface area contributed by atoms with Crippen LogP contribution in [-0.4, -0.2) is 62.7 Å². The van der Waals surface area contributed by atoms with Crippen molar-refractivity contribution >= 4 is 7.52 Å². The van der Waals surface area contributed by atoms with E-state index in [1.165, 1.54) is 0 Å². The first kappa shape index (κ1) is 14.2. The molecule has 1 unspecified atom stereocenters. The monoisotopic (exact) mass is 249 g/mol. The molecule has 4 nitrogen and oxygen atoms in total. The van der Waals surface area contributed by atoms with Gasteiger partial charge >= 0.3 is 0 Å². The third-order valence-electron chi connectivity index (χ3n) is 3.42. The summed E-state index contributed by atoms with van der Waals surface area (Å²) in [7, 11) is 4.17. The van der Waals surface area contributed by atoms with Crippen LogP contribution in [0.2, 0.25) is 0 Å². The zero-order valence-corrected chi connectivity index (χ0v) is 12.2. The van der Waals surface area contributed by atoms with Crippen molar-refractivity contribution in [1.29, 1.82) is 0 Å². The summed E-state index contributed by atoms with van der Waals surface area (Å²) in [6.45, 7) is 5.96. The fourth-order valence-corrected chi connectivity index (χ4v) is 3.91. The first-order chi connectivity index (χ1) is 7.27. The standard InChI is InChI=1S/C11H26N2O2P/c1-6-15-16(5,14)12-9-7-11(8-10-12)13(2,3)4/h11H,6-10H2,1-5H3/q+1. The van der Waals surface area contributed by atoms with E-state index >= 15 is 0 Å². The molecule has 1 saturated heterocycles. The van der Waals surface area contributed by atoms with Crippen molar-refractivity contribution in [2.24, 2.45) is 0 Å². The number of hydrogen-bond donors (Lipinski definition) is 0. The third kappa shape index (κ3) is 3.56. The van der Waals surface area contributed by atoms with Gasteiger partial charge in [-0.1, -0.05) is 0 Å². The number of quaternary nitrogens is 1. The molecule has 5 heteroatoms. The van der Waals surface area contributed by atoms with E-state index in [0.717, 1.165) is 30.4 Å². The molecule has 0 saturated carbocycles. The molecular formula is C11H26N2O2P+. The molecule has 0 spiro atoms. The van der Waals surface area contributed by atoms with Crippen molar-refractivity contribution in [1.82, 2.24) is 4.67 Å². The van der Waals surface area contributed by atoms with Gasteiger partial charge in [0.05, 0.1) is 33.8 Å². The molecule has 0 aromatic rings. The summed E-state index contributed by atoms with van der Waals surface area (Å²) in [6, 6.07) is 0.679.